The van der Waals surface area contributed by atoms with Crippen molar-refractivity contribution >= 4 is 46.7 Å². The number of carbonyl (C=O) groups is 3. The summed E-state index contributed by atoms with van der Waals surface area (Å²) in [6.07, 6.45) is 1.32. The number of carbonyl (C=O) groups excluding carboxylic acids is 3. The lowest BCUT2D eigenvalue weighted by Crippen LogP contribution is -2.23. The number of benzene rings is 1. The molecule has 0 saturated heterocycles. The first-order chi connectivity index (χ1) is 14.3. The molecule has 0 radical (unpaired) electrons. The number of nitrogens with one attached hydrogen (secondary N) is 3. The SMILES string of the molecule is NC(=O)c1ccc(NC(=O)CSc2nc(N)c(NC(=O)c3ccco3)c(=O)[nH]2)cc1. The van der Waals surface area contributed by atoms with Crippen molar-refractivity contribution in [3.8, 4) is 0 Å². The van der Waals surface area contributed by atoms with Crippen LogP contribution in [0.1, 0.15) is 20.9 Å². The van der Waals surface area contributed by atoms with Crippen LogP contribution in [0.3, 0.4) is 0 Å². The quantitative estimate of drug-likeness (QED) is 0.272. The van der Waals surface area contributed by atoms with Crippen molar-refractivity contribution in [3.63, 3.8) is 0 Å². The van der Waals surface area contributed by atoms with Gasteiger partial charge in [-0.3, -0.25) is 24.2 Å². The molecule has 0 atom stereocenters. The van der Waals surface area contributed by atoms with E-state index < -0.39 is 17.4 Å². The molecule has 0 aliphatic rings. The predicted octanol–water partition coefficient (Wildman–Crippen LogP) is 1.03. The Morgan fingerprint density at radius 2 is 1.87 bits per heavy atom. The van der Waals surface area contributed by atoms with Crippen LogP contribution in [0.4, 0.5) is 17.2 Å². The van der Waals surface area contributed by atoms with Crippen molar-refractivity contribution in [2.75, 3.05) is 22.1 Å². The first-order valence-electron chi connectivity index (χ1n) is 8.40. The van der Waals surface area contributed by atoms with E-state index in [1.807, 2.05) is 0 Å². The molecule has 2 heterocycles. The molecule has 7 N–H and O–H groups in total. The van der Waals surface area contributed by atoms with Crippen LogP contribution in [0, 0.1) is 0 Å². The van der Waals surface area contributed by atoms with Gasteiger partial charge in [-0.05, 0) is 36.4 Å². The molecule has 154 valence electrons. The highest BCUT2D eigenvalue weighted by molar-refractivity contribution is 7.99. The highest BCUT2D eigenvalue weighted by atomic mass is 32.2. The fourth-order valence-electron chi connectivity index (χ4n) is 2.29. The number of thioether (sulfide) groups is 1. The zero-order valence-electron chi connectivity index (χ0n) is 15.3. The number of nitrogens with two attached hydrogens (primary N) is 2. The average Bonchev–Trinajstić information content (AvgIpc) is 3.24. The number of primary amides is 1. The average molecular weight is 428 g/mol. The van der Waals surface area contributed by atoms with Crippen molar-refractivity contribution in [1.29, 1.82) is 0 Å². The number of furan rings is 1. The number of anilines is 3. The van der Waals surface area contributed by atoms with Gasteiger partial charge in [0.05, 0.1) is 12.0 Å². The standard InChI is InChI=1S/C18H16N6O5S/c19-14-13(22-16(27)11-2-1-7-29-11)17(28)24-18(23-14)30-8-12(25)21-10-5-3-9(4-6-10)15(20)26/h1-7H,8H2,(H2,20,26)(H,21,25)(H,22,27)(H3,19,23,24,28). The van der Waals surface area contributed by atoms with Crippen molar-refractivity contribution in [1.82, 2.24) is 9.97 Å². The van der Waals surface area contributed by atoms with Crippen LogP contribution < -0.4 is 27.7 Å². The van der Waals surface area contributed by atoms with Gasteiger partial charge in [0.2, 0.25) is 11.8 Å². The minimum atomic E-state index is -0.674. The van der Waals surface area contributed by atoms with Gasteiger partial charge in [0, 0.05) is 11.3 Å². The van der Waals surface area contributed by atoms with Crippen LogP contribution >= 0.6 is 11.8 Å². The number of hydrogen-bond acceptors (Lipinski definition) is 8. The molecule has 2 aromatic heterocycles. The molecule has 11 nitrogen and oxygen atoms in total. The summed E-state index contributed by atoms with van der Waals surface area (Å²) in [6, 6.07) is 9.00. The maximum atomic E-state index is 12.2. The first kappa shape index (κ1) is 20.7. The van der Waals surface area contributed by atoms with Gasteiger partial charge in [0.25, 0.3) is 11.5 Å². The van der Waals surface area contributed by atoms with E-state index in [2.05, 4.69) is 20.6 Å². The highest BCUT2D eigenvalue weighted by Crippen LogP contribution is 2.18. The van der Waals surface area contributed by atoms with E-state index >= 15 is 0 Å². The van der Waals surface area contributed by atoms with Crippen LogP contribution in [0.15, 0.2) is 57.0 Å². The monoisotopic (exact) mass is 428 g/mol. The molecule has 0 saturated carbocycles. The van der Waals surface area contributed by atoms with Crippen LogP contribution in [0.25, 0.3) is 0 Å². The maximum absolute atomic E-state index is 12.2. The molecule has 0 fully saturated rings. The second-order valence-electron chi connectivity index (χ2n) is 5.84. The van der Waals surface area contributed by atoms with Crippen molar-refractivity contribution in [2.24, 2.45) is 5.73 Å². The fourth-order valence-corrected chi connectivity index (χ4v) is 2.96. The van der Waals surface area contributed by atoms with Crippen LogP contribution in [-0.4, -0.2) is 33.4 Å². The summed E-state index contributed by atoms with van der Waals surface area (Å²) in [4.78, 5) is 53.8. The molecule has 0 aliphatic heterocycles. The van der Waals surface area contributed by atoms with Gasteiger partial charge in [-0.25, -0.2) is 4.98 Å². The molecule has 3 rings (SSSR count). The molecule has 30 heavy (non-hydrogen) atoms. The molecule has 3 aromatic rings. The zero-order chi connectivity index (χ0) is 21.7. The Kier molecular flexibility index (Phi) is 6.17. The van der Waals surface area contributed by atoms with Crippen molar-refractivity contribution in [2.45, 2.75) is 5.16 Å². The van der Waals surface area contributed by atoms with E-state index in [0.29, 0.717) is 11.3 Å². The number of H-pyrrole nitrogens is 1. The van der Waals surface area contributed by atoms with Crippen molar-refractivity contribution in [3.05, 3.63) is 64.3 Å². The molecule has 0 unspecified atom stereocenters. The fraction of sp³-hybridized carbons (Fsp3) is 0.0556. The molecular formula is C18H16N6O5S. The van der Waals surface area contributed by atoms with Gasteiger partial charge in [0.1, 0.15) is 0 Å². The van der Waals surface area contributed by atoms with E-state index in [1.54, 1.807) is 0 Å². The Bertz CT molecular complexity index is 1140. The number of aromatic nitrogens is 2. The minimum Gasteiger partial charge on any atom is -0.459 e. The molecule has 0 aliphatic carbocycles. The summed E-state index contributed by atoms with van der Waals surface area (Å²) in [5.74, 6) is -1.86. The third-order valence-electron chi connectivity index (χ3n) is 3.70. The second kappa shape index (κ2) is 8.96. The second-order valence-corrected chi connectivity index (χ2v) is 6.81. The number of aromatic amines is 1. The maximum Gasteiger partial charge on any atom is 0.291 e. The predicted molar refractivity (Wildman–Crippen MR) is 110 cm³/mol. The van der Waals surface area contributed by atoms with Gasteiger partial charge in [0.15, 0.2) is 22.4 Å². The van der Waals surface area contributed by atoms with Crippen molar-refractivity contribution < 1.29 is 18.8 Å². The van der Waals surface area contributed by atoms with Gasteiger partial charge in [-0.15, -0.1) is 0 Å². The van der Waals surface area contributed by atoms with Crippen LogP contribution in [-0.2, 0) is 4.79 Å². The third kappa shape index (κ3) is 5.05. The Labute approximate surface area is 173 Å². The summed E-state index contributed by atoms with van der Waals surface area (Å²) < 4.78 is 4.95. The van der Waals surface area contributed by atoms with Gasteiger partial charge in [-0.2, -0.15) is 0 Å². The number of rotatable bonds is 7. The lowest BCUT2D eigenvalue weighted by atomic mass is 10.2. The molecule has 1 aromatic carbocycles. The Morgan fingerprint density at radius 1 is 1.13 bits per heavy atom. The number of hydrogen-bond donors (Lipinski definition) is 5. The molecule has 12 heteroatoms. The van der Waals surface area contributed by atoms with Gasteiger partial charge < -0.3 is 26.5 Å². The lowest BCUT2D eigenvalue weighted by Gasteiger charge is -2.08. The molecule has 3 amide bonds. The van der Waals surface area contributed by atoms with Crippen LogP contribution in [0.5, 0.6) is 0 Å². The van der Waals surface area contributed by atoms with Gasteiger partial charge in [-0.1, -0.05) is 11.8 Å². The van der Waals surface area contributed by atoms with E-state index in [-0.39, 0.29) is 34.1 Å². The first-order valence-corrected chi connectivity index (χ1v) is 9.39. The smallest absolute Gasteiger partial charge is 0.291 e. The highest BCUT2D eigenvalue weighted by Gasteiger charge is 2.16. The normalized spacial score (nSPS) is 10.4. The van der Waals surface area contributed by atoms with E-state index in [9.17, 15) is 19.2 Å². The summed E-state index contributed by atoms with van der Waals surface area (Å²) in [6.45, 7) is 0. The topological polar surface area (TPSA) is 186 Å². The van der Waals surface area contributed by atoms with E-state index in [0.717, 1.165) is 11.8 Å². The minimum absolute atomic E-state index is 0.00721. The third-order valence-corrected chi connectivity index (χ3v) is 4.58. The summed E-state index contributed by atoms with van der Waals surface area (Å²) in [7, 11) is 0. The largest absolute Gasteiger partial charge is 0.459 e. The number of amides is 3. The zero-order valence-corrected chi connectivity index (χ0v) is 16.1. The molecule has 0 bridgehead atoms. The molecular weight excluding hydrogens is 412 g/mol. The van der Waals surface area contributed by atoms with E-state index in [1.165, 1.54) is 42.7 Å². The Balaban J connectivity index is 1.60. The summed E-state index contributed by atoms with van der Waals surface area (Å²) in [5.41, 5.74) is 10.8. The Hall–Kier alpha value is -4.06. The number of nitrogens with zero attached hydrogens (tertiary/aromatic N) is 1. The summed E-state index contributed by atoms with van der Waals surface area (Å²) >= 11 is 0.945. The number of nitrogen functional groups attached to an aromatic ring is 1. The lowest BCUT2D eigenvalue weighted by molar-refractivity contribution is -0.113. The van der Waals surface area contributed by atoms with Gasteiger partial charge >= 0.3 is 0 Å². The summed E-state index contributed by atoms with van der Waals surface area (Å²) in [5, 5.41) is 5.07. The van der Waals surface area contributed by atoms with Crippen LogP contribution in [0.2, 0.25) is 0 Å². The van der Waals surface area contributed by atoms with E-state index in [4.69, 9.17) is 15.9 Å². The Morgan fingerprint density at radius 3 is 2.47 bits per heavy atom. The molecule has 0 spiro atoms.